The number of hydrogen-bond acceptors (Lipinski definition) is 5. The van der Waals surface area contributed by atoms with Crippen molar-refractivity contribution >= 4 is 22.9 Å². The van der Waals surface area contributed by atoms with Crippen molar-refractivity contribution in [3.8, 4) is 5.75 Å². The van der Waals surface area contributed by atoms with E-state index in [0.717, 1.165) is 31.4 Å². The number of aryl methyl sites for hydroxylation is 1. The predicted molar refractivity (Wildman–Crippen MR) is 90.1 cm³/mol. The summed E-state index contributed by atoms with van der Waals surface area (Å²) in [6.07, 6.45) is 3.30. The first kappa shape index (κ1) is 16.0. The lowest BCUT2D eigenvalue weighted by molar-refractivity contribution is 0.00688. The molecule has 1 aromatic heterocycles. The lowest BCUT2D eigenvalue weighted by atomic mass is 9.95. The van der Waals surface area contributed by atoms with E-state index < -0.39 is 6.10 Å². The van der Waals surface area contributed by atoms with E-state index in [9.17, 15) is 9.90 Å². The zero-order chi connectivity index (χ0) is 16.2. The Bertz CT molecular complexity index is 669. The van der Waals surface area contributed by atoms with E-state index in [0.29, 0.717) is 16.3 Å². The molecule has 5 nitrogen and oxygen atoms in total. The van der Waals surface area contributed by atoms with Crippen molar-refractivity contribution in [2.45, 2.75) is 44.8 Å². The Balaban J connectivity index is 1.61. The zero-order valence-corrected chi connectivity index (χ0v) is 13.8. The van der Waals surface area contributed by atoms with Crippen LogP contribution in [0.2, 0.25) is 0 Å². The minimum Gasteiger partial charge on any atom is -0.488 e. The van der Waals surface area contributed by atoms with Crippen molar-refractivity contribution in [3.05, 3.63) is 40.3 Å². The van der Waals surface area contributed by atoms with Gasteiger partial charge in [-0.05, 0) is 50.5 Å². The first-order valence-corrected chi connectivity index (χ1v) is 8.67. The number of aliphatic hydroxyl groups excluding tert-OH is 1. The maximum Gasteiger partial charge on any atom is 0.267 e. The van der Waals surface area contributed by atoms with Crippen LogP contribution < -0.4 is 10.1 Å². The molecule has 122 valence electrons. The number of aromatic nitrogens is 1. The number of thiazole rings is 1. The Morgan fingerprint density at radius 2 is 2.04 bits per heavy atom. The Morgan fingerprint density at radius 1 is 1.30 bits per heavy atom. The summed E-state index contributed by atoms with van der Waals surface area (Å²) in [6, 6.07) is 7.24. The lowest BCUT2D eigenvalue weighted by Crippen LogP contribution is -2.34. The number of nitrogens with zero attached hydrogens (tertiary/aromatic N) is 1. The highest BCUT2D eigenvalue weighted by atomic mass is 32.1. The van der Waals surface area contributed by atoms with Gasteiger partial charge in [0.05, 0.1) is 17.3 Å². The molecule has 0 bridgehead atoms. The fourth-order valence-corrected chi connectivity index (χ4v) is 3.41. The van der Waals surface area contributed by atoms with Crippen molar-refractivity contribution in [1.82, 2.24) is 4.98 Å². The van der Waals surface area contributed by atoms with Crippen molar-refractivity contribution in [1.29, 1.82) is 0 Å². The van der Waals surface area contributed by atoms with Crippen LogP contribution in [0, 0.1) is 6.92 Å². The fraction of sp³-hybridized carbons (Fsp3) is 0.412. The van der Waals surface area contributed by atoms with E-state index in [1.807, 2.05) is 19.1 Å². The molecule has 1 fully saturated rings. The number of amides is 1. The van der Waals surface area contributed by atoms with Gasteiger partial charge in [0.2, 0.25) is 0 Å². The average Bonchev–Trinajstić information content (AvgIpc) is 2.98. The molecule has 0 saturated heterocycles. The second-order valence-corrected chi connectivity index (χ2v) is 6.61. The second kappa shape index (κ2) is 7.10. The maximum atomic E-state index is 12.1. The standard InChI is InChI=1S/C17H20N2O3S/c1-11-16(23-10-18-11)17(21)19-12-6-8-13(9-7-12)22-15-5-3-2-4-14(15)20/h6-10,14-15,20H,2-5H2,1H3,(H,19,21)/t14-,15-/m0/s1. The van der Waals surface area contributed by atoms with Crippen molar-refractivity contribution in [2.75, 3.05) is 5.32 Å². The molecule has 23 heavy (non-hydrogen) atoms. The van der Waals surface area contributed by atoms with Gasteiger partial charge in [0.25, 0.3) is 5.91 Å². The Labute approximate surface area is 139 Å². The monoisotopic (exact) mass is 332 g/mol. The molecule has 2 aromatic rings. The molecule has 0 aliphatic heterocycles. The number of benzene rings is 1. The molecular weight excluding hydrogens is 312 g/mol. The molecule has 1 amide bonds. The van der Waals surface area contributed by atoms with Crippen LogP contribution in [0.1, 0.15) is 41.0 Å². The highest BCUT2D eigenvalue weighted by Crippen LogP contribution is 2.25. The summed E-state index contributed by atoms with van der Waals surface area (Å²) in [5, 5.41) is 12.8. The first-order chi connectivity index (χ1) is 11.1. The molecule has 2 atom stereocenters. The zero-order valence-electron chi connectivity index (χ0n) is 13.0. The quantitative estimate of drug-likeness (QED) is 0.900. The van der Waals surface area contributed by atoms with Crippen LogP contribution in [0.15, 0.2) is 29.8 Å². The van der Waals surface area contributed by atoms with E-state index in [-0.39, 0.29) is 12.0 Å². The highest BCUT2D eigenvalue weighted by Gasteiger charge is 2.24. The van der Waals surface area contributed by atoms with Gasteiger partial charge in [-0.25, -0.2) is 4.98 Å². The van der Waals surface area contributed by atoms with Gasteiger partial charge in [0.1, 0.15) is 16.7 Å². The molecule has 1 aliphatic carbocycles. The number of hydrogen-bond donors (Lipinski definition) is 2. The molecule has 1 heterocycles. The van der Waals surface area contributed by atoms with Gasteiger partial charge in [0.15, 0.2) is 0 Å². The van der Waals surface area contributed by atoms with Crippen LogP contribution >= 0.6 is 11.3 Å². The van der Waals surface area contributed by atoms with Crippen molar-refractivity contribution in [2.24, 2.45) is 0 Å². The number of aliphatic hydroxyl groups is 1. The first-order valence-electron chi connectivity index (χ1n) is 7.79. The van der Waals surface area contributed by atoms with E-state index >= 15 is 0 Å². The summed E-state index contributed by atoms with van der Waals surface area (Å²) < 4.78 is 5.85. The summed E-state index contributed by atoms with van der Waals surface area (Å²) in [4.78, 5) is 16.8. The van der Waals surface area contributed by atoms with Gasteiger partial charge < -0.3 is 15.2 Å². The average molecular weight is 332 g/mol. The Hall–Kier alpha value is -1.92. The topological polar surface area (TPSA) is 71.5 Å². The largest absolute Gasteiger partial charge is 0.488 e. The number of nitrogens with one attached hydrogen (secondary N) is 1. The van der Waals surface area contributed by atoms with E-state index in [1.54, 1.807) is 17.6 Å². The van der Waals surface area contributed by atoms with Crippen LogP contribution in [-0.4, -0.2) is 28.2 Å². The van der Waals surface area contributed by atoms with Gasteiger partial charge in [-0.2, -0.15) is 0 Å². The number of carbonyl (C=O) groups excluding carboxylic acids is 1. The third kappa shape index (κ3) is 3.89. The fourth-order valence-electron chi connectivity index (χ4n) is 2.71. The van der Waals surface area contributed by atoms with E-state index in [2.05, 4.69) is 10.3 Å². The third-order valence-corrected chi connectivity index (χ3v) is 4.95. The molecule has 0 spiro atoms. The van der Waals surface area contributed by atoms with Crippen LogP contribution in [0.5, 0.6) is 5.75 Å². The smallest absolute Gasteiger partial charge is 0.267 e. The van der Waals surface area contributed by atoms with Gasteiger partial charge in [-0.1, -0.05) is 6.42 Å². The molecule has 0 radical (unpaired) electrons. The summed E-state index contributed by atoms with van der Waals surface area (Å²) in [5.41, 5.74) is 3.11. The summed E-state index contributed by atoms with van der Waals surface area (Å²) in [7, 11) is 0. The highest BCUT2D eigenvalue weighted by molar-refractivity contribution is 7.12. The normalized spacial score (nSPS) is 21.0. The summed E-state index contributed by atoms with van der Waals surface area (Å²) in [5.74, 6) is 0.560. The molecule has 1 saturated carbocycles. The minimum absolute atomic E-state index is 0.135. The molecule has 1 aliphatic rings. The van der Waals surface area contributed by atoms with Crippen LogP contribution in [0.25, 0.3) is 0 Å². The lowest BCUT2D eigenvalue weighted by Gasteiger charge is -2.28. The molecule has 2 N–H and O–H groups in total. The molecule has 3 rings (SSSR count). The van der Waals surface area contributed by atoms with Gasteiger partial charge >= 0.3 is 0 Å². The van der Waals surface area contributed by atoms with Crippen LogP contribution in [0.4, 0.5) is 5.69 Å². The third-order valence-electron chi connectivity index (χ3n) is 4.02. The summed E-state index contributed by atoms with van der Waals surface area (Å²) in [6.45, 7) is 1.82. The predicted octanol–water partition coefficient (Wildman–Crippen LogP) is 3.39. The van der Waals surface area contributed by atoms with Crippen LogP contribution in [0.3, 0.4) is 0 Å². The number of rotatable bonds is 4. The second-order valence-electron chi connectivity index (χ2n) is 5.75. The van der Waals surface area contributed by atoms with Gasteiger partial charge in [-0.3, -0.25) is 4.79 Å². The minimum atomic E-state index is -0.391. The van der Waals surface area contributed by atoms with Crippen LogP contribution in [-0.2, 0) is 0 Å². The number of ether oxygens (including phenoxy) is 1. The molecule has 0 unspecified atom stereocenters. The van der Waals surface area contributed by atoms with Gasteiger partial charge in [0, 0.05) is 5.69 Å². The number of anilines is 1. The Morgan fingerprint density at radius 3 is 2.70 bits per heavy atom. The van der Waals surface area contributed by atoms with E-state index in [4.69, 9.17) is 4.74 Å². The van der Waals surface area contributed by atoms with E-state index in [1.165, 1.54) is 11.3 Å². The van der Waals surface area contributed by atoms with Crippen molar-refractivity contribution in [3.63, 3.8) is 0 Å². The maximum absolute atomic E-state index is 12.1. The molecule has 6 heteroatoms. The SMILES string of the molecule is Cc1ncsc1C(=O)Nc1ccc(O[C@H]2CCCC[C@@H]2O)cc1. The Kier molecular flexibility index (Phi) is 4.93. The number of carbonyl (C=O) groups is 1. The molecule has 1 aromatic carbocycles. The molecular formula is C17H20N2O3S. The van der Waals surface area contributed by atoms with Gasteiger partial charge in [-0.15, -0.1) is 11.3 Å². The van der Waals surface area contributed by atoms with Crippen molar-refractivity contribution < 1.29 is 14.6 Å². The summed E-state index contributed by atoms with van der Waals surface area (Å²) >= 11 is 1.33.